The zero-order valence-corrected chi connectivity index (χ0v) is 18.2. The molecule has 0 radical (unpaired) electrons. The lowest BCUT2D eigenvalue weighted by Gasteiger charge is -2.29. The average molecular weight is 443 g/mol. The van der Waals surface area contributed by atoms with Crippen molar-refractivity contribution < 1.29 is 14.3 Å². The molecule has 0 saturated carbocycles. The van der Waals surface area contributed by atoms with E-state index in [0.717, 1.165) is 39.7 Å². The summed E-state index contributed by atoms with van der Waals surface area (Å²) < 4.78 is 5.69. The second-order valence-corrected chi connectivity index (χ2v) is 8.67. The molecule has 0 atom stereocenters. The van der Waals surface area contributed by atoms with Crippen LogP contribution in [0, 0.1) is 0 Å². The van der Waals surface area contributed by atoms with E-state index in [2.05, 4.69) is 5.32 Å². The van der Waals surface area contributed by atoms with Gasteiger partial charge in [-0.15, -0.1) is 11.3 Å². The minimum atomic E-state index is -0.245. The third-order valence-electron chi connectivity index (χ3n) is 5.56. The number of hydrogen-bond donors (Lipinski definition) is 1. The van der Waals surface area contributed by atoms with Crippen molar-refractivity contribution in [2.45, 2.75) is 12.8 Å². The van der Waals surface area contributed by atoms with Crippen LogP contribution < -0.4 is 15.0 Å². The van der Waals surface area contributed by atoms with E-state index in [4.69, 9.17) is 4.74 Å². The first kappa shape index (κ1) is 20.3. The summed E-state index contributed by atoms with van der Waals surface area (Å²) in [6, 6.07) is 23.3. The number of nitrogens with one attached hydrogen (secondary N) is 1. The molecule has 0 spiro atoms. The van der Waals surface area contributed by atoms with Crippen LogP contribution in [-0.2, 0) is 11.2 Å². The van der Waals surface area contributed by atoms with E-state index in [1.807, 2.05) is 83.1 Å². The van der Waals surface area contributed by atoms with E-state index in [9.17, 15) is 9.59 Å². The number of ether oxygens (including phenoxy) is 1. The second kappa shape index (κ2) is 8.85. The lowest BCUT2D eigenvalue weighted by atomic mass is 10.0. The van der Waals surface area contributed by atoms with Crippen LogP contribution >= 0.6 is 11.3 Å². The predicted molar refractivity (Wildman–Crippen MR) is 129 cm³/mol. The standard InChI is InChI=1S/C26H22N2O3S/c29-25(17-31-22-12-10-18-5-1-2-6-20(18)15-22)27-21-11-9-19-7-3-13-28(23(19)16-21)26(30)24-8-4-14-32-24/h1-2,4-6,8-12,14-16H,3,7,13,17H2,(H,27,29). The number of rotatable bonds is 5. The smallest absolute Gasteiger partial charge is 0.268 e. The molecule has 1 aromatic heterocycles. The van der Waals surface area contributed by atoms with Crippen LogP contribution in [0.4, 0.5) is 11.4 Å². The number of hydrogen-bond acceptors (Lipinski definition) is 4. The summed E-state index contributed by atoms with van der Waals surface area (Å²) >= 11 is 1.44. The summed E-state index contributed by atoms with van der Waals surface area (Å²) in [6.07, 6.45) is 1.85. The number of fused-ring (bicyclic) bond motifs is 2. The molecule has 160 valence electrons. The van der Waals surface area contributed by atoms with Gasteiger partial charge in [0.1, 0.15) is 5.75 Å². The first-order valence-corrected chi connectivity index (χ1v) is 11.4. The zero-order valence-electron chi connectivity index (χ0n) is 17.4. The fourth-order valence-corrected chi connectivity index (χ4v) is 4.67. The van der Waals surface area contributed by atoms with Crippen LogP contribution in [0.1, 0.15) is 21.7 Å². The summed E-state index contributed by atoms with van der Waals surface area (Å²) in [4.78, 5) is 28.0. The number of benzene rings is 3. The zero-order chi connectivity index (χ0) is 21.9. The summed E-state index contributed by atoms with van der Waals surface area (Å²) in [5, 5.41) is 6.99. The highest BCUT2D eigenvalue weighted by molar-refractivity contribution is 7.12. The van der Waals surface area contributed by atoms with Gasteiger partial charge < -0.3 is 15.0 Å². The third kappa shape index (κ3) is 4.22. The first-order chi connectivity index (χ1) is 15.7. The summed E-state index contributed by atoms with van der Waals surface area (Å²) in [5.74, 6) is 0.408. The SMILES string of the molecule is O=C(COc1ccc2ccccc2c1)Nc1ccc2c(c1)N(C(=O)c1cccs1)CCC2. The Morgan fingerprint density at radius 2 is 1.84 bits per heavy atom. The Bertz CT molecular complexity index is 1280. The topological polar surface area (TPSA) is 58.6 Å². The molecule has 0 fully saturated rings. The van der Waals surface area contributed by atoms with Crippen LogP contribution in [0.5, 0.6) is 5.75 Å². The fourth-order valence-electron chi connectivity index (χ4n) is 4.00. The van der Waals surface area contributed by atoms with Gasteiger partial charge in [-0.25, -0.2) is 0 Å². The Morgan fingerprint density at radius 3 is 2.69 bits per heavy atom. The molecule has 5 nitrogen and oxygen atoms in total. The van der Waals surface area contributed by atoms with Gasteiger partial charge in [-0.2, -0.15) is 0 Å². The lowest BCUT2D eigenvalue weighted by molar-refractivity contribution is -0.118. The van der Waals surface area contributed by atoms with E-state index < -0.39 is 0 Å². The molecule has 3 aromatic carbocycles. The lowest BCUT2D eigenvalue weighted by Crippen LogP contribution is -2.35. The molecular formula is C26H22N2O3S. The molecule has 6 heteroatoms. The van der Waals surface area contributed by atoms with Crippen LogP contribution in [0.3, 0.4) is 0 Å². The van der Waals surface area contributed by atoms with Gasteiger partial charge in [0, 0.05) is 17.9 Å². The predicted octanol–water partition coefficient (Wildman–Crippen LogP) is 5.51. The maximum Gasteiger partial charge on any atom is 0.268 e. The molecule has 4 aromatic rings. The van der Waals surface area contributed by atoms with Gasteiger partial charge in [0.05, 0.1) is 4.88 Å². The second-order valence-electron chi connectivity index (χ2n) is 7.73. The normalized spacial score (nSPS) is 12.9. The van der Waals surface area contributed by atoms with Gasteiger partial charge in [0.25, 0.3) is 11.8 Å². The number of thiophene rings is 1. The molecular weight excluding hydrogens is 420 g/mol. The van der Waals surface area contributed by atoms with Crippen molar-refractivity contribution in [1.82, 2.24) is 0 Å². The quantitative estimate of drug-likeness (QED) is 0.443. The molecule has 0 saturated heterocycles. The molecule has 1 aliphatic rings. The van der Waals surface area contributed by atoms with E-state index in [1.54, 1.807) is 0 Å². The third-order valence-corrected chi connectivity index (χ3v) is 6.41. The van der Waals surface area contributed by atoms with E-state index in [0.29, 0.717) is 18.0 Å². The number of carbonyl (C=O) groups is 2. The Morgan fingerprint density at radius 1 is 0.969 bits per heavy atom. The van der Waals surface area contributed by atoms with Crippen LogP contribution in [-0.4, -0.2) is 25.0 Å². The molecule has 0 aliphatic carbocycles. The van der Waals surface area contributed by atoms with Gasteiger partial charge in [0.15, 0.2) is 6.61 Å². The average Bonchev–Trinajstić information content (AvgIpc) is 3.37. The van der Waals surface area contributed by atoms with Crippen molar-refractivity contribution in [2.24, 2.45) is 0 Å². The molecule has 2 heterocycles. The largest absolute Gasteiger partial charge is 0.484 e. The molecule has 32 heavy (non-hydrogen) atoms. The number of nitrogens with zero attached hydrogens (tertiary/aromatic N) is 1. The number of carbonyl (C=O) groups excluding carboxylic acids is 2. The van der Waals surface area contributed by atoms with Crippen molar-refractivity contribution in [3.63, 3.8) is 0 Å². The molecule has 5 rings (SSSR count). The monoisotopic (exact) mass is 442 g/mol. The van der Waals surface area contributed by atoms with Gasteiger partial charge in [0.2, 0.25) is 0 Å². The van der Waals surface area contributed by atoms with E-state index in [-0.39, 0.29) is 18.4 Å². The highest BCUT2D eigenvalue weighted by Crippen LogP contribution is 2.32. The maximum absolute atomic E-state index is 12.9. The minimum Gasteiger partial charge on any atom is -0.484 e. The first-order valence-electron chi connectivity index (χ1n) is 10.6. The van der Waals surface area contributed by atoms with Gasteiger partial charge in [-0.05, 0) is 64.9 Å². The van der Waals surface area contributed by atoms with Crippen molar-refractivity contribution in [2.75, 3.05) is 23.4 Å². The number of amides is 2. The van der Waals surface area contributed by atoms with Crippen LogP contribution in [0.15, 0.2) is 78.2 Å². The Labute approximate surface area is 190 Å². The van der Waals surface area contributed by atoms with Crippen LogP contribution in [0.25, 0.3) is 10.8 Å². The van der Waals surface area contributed by atoms with Gasteiger partial charge in [-0.3, -0.25) is 9.59 Å². The summed E-state index contributed by atoms with van der Waals surface area (Å²) in [5.41, 5.74) is 2.64. The number of aryl methyl sites for hydroxylation is 1. The van der Waals surface area contributed by atoms with Crippen molar-refractivity contribution in [3.8, 4) is 5.75 Å². The minimum absolute atomic E-state index is 0.00376. The van der Waals surface area contributed by atoms with E-state index >= 15 is 0 Å². The van der Waals surface area contributed by atoms with Crippen molar-refractivity contribution in [1.29, 1.82) is 0 Å². The molecule has 1 N–H and O–H groups in total. The van der Waals surface area contributed by atoms with Gasteiger partial charge >= 0.3 is 0 Å². The summed E-state index contributed by atoms with van der Waals surface area (Å²) in [6.45, 7) is 0.583. The highest BCUT2D eigenvalue weighted by atomic mass is 32.1. The summed E-state index contributed by atoms with van der Waals surface area (Å²) in [7, 11) is 0. The maximum atomic E-state index is 12.9. The number of anilines is 2. The Hall–Kier alpha value is -3.64. The highest BCUT2D eigenvalue weighted by Gasteiger charge is 2.24. The van der Waals surface area contributed by atoms with Crippen molar-refractivity contribution in [3.05, 3.63) is 88.6 Å². The molecule has 0 bridgehead atoms. The Balaban J connectivity index is 1.27. The van der Waals surface area contributed by atoms with E-state index in [1.165, 1.54) is 11.3 Å². The Kier molecular flexibility index (Phi) is 5.60. The molecule has 2 amide bonds. The fraction of sp³-hybridized carbons (Fsp3) is 0.154. The molecule has 0 unspecified atom stereocenters. The molecule has 1 aliphatic heterocycles. The van der Waals surface area contributed by atoms with Gasteiger partial charge in [-0.1, -0.05) is 42.5 Å². The van der Waals surface area contributed by atoms with Crippen molar-refractivity contribution >= 4 is 45.3 Å². The van der Waals surface area contributed by atoms with Crippen LogP contribution in [0.2, 0.25) is 0 Å².